The van der Waals surface area contributed by atoms with Crippen molar-refractivity contribution in [1.82, 2.24) is 14.2 Å². The van der Waals surface area contributed by atoms with Crippen LogP contribution in [0.2, 0.25) is 0 Å². The van der Waals surface area contributed by atoms with Gasteiger partial charge in [0.15, 0.2) is 0 Å². The third-order valence-electron chi connectivity index (χ3n) is 7.38. The van der Waals surface area contributed by atoms with Crippen molar-refractivity contribution in [3.8, 4) is 5.75 Å². The summed E-state index contributed by atoms with van der Waals surface area (Å²) in [7, 11) is -3.90. The topological polar surface area (TPSA) is 66.0 Å². The summed E-state index contributed by atoms with van der Waals surface area (Å²) in [5.41, 5.74) is 1.53. The zero-order valence-electron chi connectivity index (χ0n) is 22.1. The van der Waals surface area contributed by atoms with Gasteiger partial charge < -0.3 is 4.74 Å². The molecule has 2 atom stereocenters. The van der Waals surface area contributed by atoms with Crippen LogP contribution in [-0.2, 0) is 23.3 Å². The Balaban J connectivity index is 1.42. The van der Waals surface area contributed by atoms with Crippen LogP contribution in [0.5, 0.6) is 5.75 Å². The number of nitrogens with zero attached hydrogens (tertiary/aromatic N) is 4. The molecule has 3 heterocycles. The van der Waals surface area contributed by atoms with Crippen molar-refractivity contribution in [1.29, 1.82) is 0 Å². The van der Waals surface area contributed by atoms with Crippen LogP contribution in [0.15, 0.2) is 72.9 Å². The fourth-order valence-electron chi connectivity index (χ4n) is 5.79. The molecule has 0 aliphatic carbocycles. The third kappa shape index (κ3) is 5.41. The number of rotatable bonds is 7. The Labute approximate surface area is 225 Å². The molecule has 5 rings (SSSR count). The van der Waals surface area contributed by atoms with Crippen molar-refractivity contribution < 1.29 is 17.5 Å². The molecule has 1 spiro atoms. The van der Waals surface area contributed by atoms with Gasteiger partial charge in [-0.3, -0.25) is 9.88 Å². The predicted octanol–water partition coefficient (Wildman–Crippen LogP) is 5.00. The molecular formula is C29H35FN4O3S. The normalized spacial score (nSPS) is 23.8. The van der Waals surface area contributed by atoms with E-state index in [2.05, 4.69) is 28.9 Å². The summed E-state index contributed by atoms with van der Waals surface area (Å²) in [4.78, 5) is 6.74. The van der Waals surface area contributed by atoms with Gasteiger partial charge in [-0.15, -0.1) is 0 Å². The third-order valence-corrected chi connectivity index (χ3v) is 9.36. The Kier molecular flexibility index (Phi) is 7.44. The smallest absolute Gasteiger partial charge is 0.305 e. The molecular weight excluding hydrogens is 503 g/mol. The Morgan fingerprint density at radius 3 is 2.61 bits per heavy atom. The maximum absolute atomic E-state index is 14.3. The first-order valence-electron chi connectivity index (χ1n) is 13.1. The van der Waals surface area contributed by atoms with E-state index in [0.717, 1.165) is 24.4 Å². The number of ether oxygens (including phenoxy) is 1. The SMILES string of the molecule is CC(C)Oc1cccc(CN2CCC3(CC2C)CN(Cc2ccccn2)S(=O)(=O)N3c2cccc(F)c2)c1. The number of likely N-dealkylation sites (tertiary alicyclic amines) is 1. The second-order valence-corrected chi connectivity index (χ2v) is 12.4. The number of benzene rings is 2. The van der Waals surface area contributed by atoms with E-state index >= 15 is 0 Å². The lowest BCUT2D eigenvalue weighted by Gasteiger charge is -2.47. The monoisotopic (exact) mass is 538 g/mol. The van der Waals surface area contributed by atoms with Gasteiger partial charge in [-0.25, -0.2) is 8.70 Å². The van der Waals surface area contributed by atoms with E-state index in [1.54, 1.807) is 18.3 Å². The lowest BCUT2D eigenvalue weighted by Crippen LogP contribution is -2.57. The number of halogens is 1. The Morgan fingerprint density at radius 1 is 1.08 bits per heavy atom. The molecule has 0 saturated carbocycles. The summed E-state index contributed by atoms with van der Waals surface area (Å²) in [5.74, 6) is 0.396. The predicted molar refractivity (Wildman–Crippen MR) is 146 cm³/mol. The van der Waals surface area contributed by atoms with E-state index in [9.17, 15) is 12.8 Å². The fraction of sp³-hybridized carbons (Fsp3) is 0.414. The van der Waals surface area contributed by atoms with E-state index in [0.29, 0.717) is 30.8 Å². The second-order valence-electron chi connectivity index (χ2n) is 10.7. The summed E-state index contributed by atoms with van der Waals surface area (Å²) >= 11 is 0. The van der Waals surface area contributed by atoms with Crippen molar-refractivity contribution in [2.24, 2.45) is 0 Å². The van der Waals surface area contributed by atoms with Crippen LogP contribution in [0.3, 0.4) is 0 Å². The Morgan fingerprint density at radius 2 is 1.89 bits per heavy atom. The molecule has 38 heavy (non-hydrogen) atoms. The number of hydrogen-bond acceptors (Lipinski definition) is 5. The molecule has 9 heteroatoms. The molecule has 0 radical (unpaired) electrons. The molecule has 2 aromatic carbocycles. The van der Waals surface area contributed by atoms with E-state index in [4.69, 9.17) is 4.74 Å². The van der Waals surface area contributed by atoms with E-state index in [1.807, 2.05) is 44.2 Å². The molecule has 2 aliphatic rings. The lowest BCUT2D eigenvalue weighted by atomic mass is 9.82. The number of hydrogen-bond donors (Lipinski definition) is 0. The molecule has 0 bridgehead atoms. The van der Waals surface area contributed by atoms with Gasteiger partial charge >= 0.3 is 10.2 Å². The first-order valence-corrected chi connectivity index (χ1v) is 14.5. The van der Waals surface area contributed by atoms with Gasteiger partial charge in [-0.05, 0) is 81.6 Å². The van der Waals surface area contributed by atoms with Gasteiger partial charge in [0.2, 0.25) is 0 Å². The van der Waals surface area contributed by atoms with Crippen LogP contribution in [0, 0.1) is 5.82 Å². The van der Waals surface area contributed by atoms with Crippen molar-refractivity contribution in [3.63, 3.8) is 0 Å². The van der Waals surface area contributed by atoms with Gasteiger partial charge in [-0.1, -0.05) is 24.3 Å². The zero-order valence-corrected chi connectivity index (χ0v) is 22.9. The largest absolute Gasteiger partial charge is 0.491 e. The summed E-state index contributed by atoms with van der Waals surface area (Å²) in [6.45, 7) is 8.14. The maximum atomic E-state index is 14.3. The van der Waals surface area contributed by atoms with Gasteiger partial charge in [0.05, 0.1) is 29.6 Å². The van der Waals surface area contributed by atoms with Crippen molar-refractivity contribution in [2.75, 3.05) is 17.4 Å². The highest BCUT2D eigenvalue weighted by atomic mass is 32.2. The van der Waals surface area contributed by atoms with Crippen molar-refractivity contribution >= 4 is 15.9 Å². The zero-order chi connectivity index (χ0) is 26.9. The van der Waals surface area contributed by atoms with Crippen molar-refractivity contribution in [2.45, 2.75) is 64.4 Å². The fourth-order valence-corrected chi connectivity index (χ4v) is 7.82. The standard InChI is InChI=1S/C29H35FN4O3S/c1-22(2)37-28-12-6-8-24(16-28)19-32-15-13-29(18-23(32)3)21-33(20-26-10-4-5-14-31-26)38(35,36)34(29)27-11-7-9-25(30)17-27/h4-12,14,16-17,22-23H,13,15,18-21H2,1-3H3. The molecule has 3 aromatic rings. The minimum absolute atomic E-state index is 0.103. The Hall–Kier alpha value is -3.01. The summed E-state index contributed by atoms with van der Waals surface area (Å²) in [6, 6.07) is 19.7. The molecule has 1 aromatic heterocycles. The minimum atomic E-state index is -3.90. The van der Waals surface area contributed by atoms with Gasteiger partial charge in [-0.2, -0.15) is 12.7 Å². The average molecular weight is 539 g/mol. The van der Waals surface area contributed by atoms with Crippen LogP contribution in [0.25, 0.3) is 0 Å². The number of pyridine rings is 1. The summed E-state index contributed by atoms with van der Waals surface area (Å²) in [5, 5.41) is 0. The highest BCUT2D eigenvalue weighted by Gasteiger charge is 2.56. The van der Waals surface area contributed by atoms with Crippen molar-refractivity contribution in [3.05, 3.63) is 90.0 Å². The van der Waals surface area contributed by atoms with Gasteiger partial charge in [0.1, 0.15) is 11.6 Å². The first-order chi connectivity index (χ1) is 18.2. The van der Waals surface area contributed by atoms with Crippen LogP contribution < -0.4 is 9.04 Å². The summed E-state index contributed by atoms with van der Waals surface area (Å²) < 4.78 is 51.1. The van der Waals surface area contributed by atoms with Crippen LogP contribution >= 0.6 is 0 Å². The van der Waals surface area contributed by atoms with Crippen LogP contribution in [0.1, 0.15) is 44.9 Å². The molecule has 0 N–H and O–H groups in total. The average Bonchev–Trinajstić information content (AvgIpc) is 3.06. The maximum Gasteiger partial charge on any atom is 0.305 e. The number of aromatic nitrogens is 1. The lowest BCUT2D eigenvalue weighted by molar-refractivity contribution is 0.0982. The molecule has 2 aliphatic heterocycles. The number of anilines is 1. The Bertz CT molecular complexity index is 1370. The van der Waals surface area contributed by atoms with E-state index in [-0.39, 0.29) is 18.7 Å². The highest BCUT2D eigenvalue weighted by Crippen LogP contribution is 2.45. The quantitative estimate of drug-likeness (QED) is 0.424. The minimum Gasteiger partial charge on any atom is -0.491 e. The second kappa shape index (κ2) is 10.6. The first kappa shape index (κ1) is 26.6. The van der Waals surface area contributed by atoms with Crippen LogP contribution in [0.4, 0.5) is 10.1 Å². The molecule has 202 valence electrons. The molecule has 0 amide bonds. The van der Waals surface area contributed by atoms with E-state index in [1.165, 1.54) is 20.7 Å². The molecule has 2 unspecified atom stereocenters. The molecule has 2 fully saturated rings. The summed E-state index contributed by atoms with van der Waals surface area (Å²) in [6.07, 6.45) is 3.03. The molecule has 7 nitrogen and oxygen atoms in total. The van der Waals surface area contributed by atoms with Crippen LogP contribution in [-0.4, -0.2) is 53.4 Å². The van der Waals surface area contributed by atoms with E-state index < -0.39 is 21.6 Å². The number of piperidine rings is 1. The highest BCUT2D eigenvalue weighted by molar-refractivity contribution is 7.90. The van der Waals surface area contributed by atoms with Gasteiger partial charge in [0.25, 0.3) is 0 Å². The molecule has 2 saturated heterocycles. The van der Waals surface area contributed by atoms with Gasteiger partial charge in [0, 0.05) is 31.9 Å².